The van der Waals surface area contributed by atoms with Crippen molar-refractivity contribution in [2.24, 2.45) is 5.73 Å². The lowest BCUT2D eigenvalue weighted by atomic mass is 9.75. The van der Waals surface area contributed by atoms with E-state index in [1.54, 1.807) is 5.38 Å². The van der Waals surface area contributed by atoms with Gasteiger partial charge in [-0.15, -0.1) is 5.10 Å². The summed E-state index contributed by atoms with van der Waals surface area (Å²) in [7, 11) is 0. The number of nitrogens with zero attached hydrogens (tertiary/aromatic N) is 2. The van der Waals surface area contributed by atoms with Gasteiger partial charge in [0, 0.05) is 12.0 Å². The largest absolute Gasteiger partial charge is 0.325 e. The summed E-state index contributed by atoms with van der Waals surface area (Å²) in [5.41, 5.74) is 5.67. The molecule has 2 rings (SSSR count). The number of nitrogens with one attached hydrogen (secondary N) is 1. The minimum absolute atomic E-state index is 0.0695. The van der Waals surface area contributed by atoms with Crippen LogP contribution in [0.4, 0.5) is 5.82 Å². The molecule has 14 heavy (non-hydrogen) atoms. The lowest BCUT2D eigenvalue weighted by molar-refractivity contribution is -0.118. The summed E-state index contributed by atoms with van der Waals surface area (Å²) in [6.07, 6.45) is 3.39. The summed E-state index contributed by atoms with van der Waals surface area (Å²) in [6.45, 7) is 0. The van der Waals surface area contributed by atoms with Gasteiger partial charge >= 0.3 is 0 Å². The lowest BCUT2D eigenvalue weighted by Gasteiger charge is -2.37. The Bertz CT molecular complexity index is 320. The Labute approximate surface area is 85.9 Å². The molecule has 1 fully saturated rings. The van der Waals surface area contributed by atoms with Crippen molar-refractivity contribution >= 4 is 23.3 Å². The van der Waals surface area contributed by atoms with Crippen LogP contribution in [0.2, 0.25) is 0 Å². The topological polar surface area (TPSA) is 80.9 Å². The van der Waals surface area contributed by atoms with E-state index in [1.165, 1.54) is 11.5 Å². The van der Waals surface area contributed by atoms with Crippen molar-refractivity contribution in [1.29, 1.82) is 0 Å². The molecule has 1 aliphatic rings. The maximum Gasteiger partial charge on any atom is 0.227 e. The molecule has 0 bridgehead atoms. The highest BCUT2D eigenvalue weighted by Crippen LogP contribution is 2.32. The summed E-state index contributed by atoms with van der Waals surface area (Å²) in [5.74, 6) is 0.447. The standard InChI is InChI=1S/C8H12N4OS/c9-8(2-1-3-8)4-7(13)10-6-5-14-12-11-6/h5H,1-4,9H2,(H,10,13). The quantitative estimate of drug-likeness (QED) is 0.774. The third-order valence-electron chi connectivity index (χ3n) is 2.49. The Morgan fingerprint density at radius 3 is 3.00 bits per heavy atom. The van der Waals surface area contributed by atoms with Gasteiger partial charge in [-0.1, -0.05) is 4.49 Å². The number of carbonyl (C=O) groups excluding carboxylic acids is 1. The van der Waals surface area contributed by atoms with Gasteiger partial charge in [0.05, 0.1) is 5.38 Å². The molecule has 1 saturated carbocycles. The minimum atomic E-state index is -0.270. The van der Waals surface area contributed by atoms with Crippen molar-refractivity contribution < 1.29 is 4.79 Å². The number of rotatable bonds is 3. The highest BCUT2D eigenvalue weighted by Gasteiger charge is 2.34. The minimum Gasteiger partial charge on any atom is -0.325 e. The van der Waals surface area contributed by atoms with E-state index in [2.05, 4.69) is 14.9 Å². The maximum absolute atomic E-state index is 11.5. The van der Waals surface area contributed by atoms with E-state index in [0.717, 1.165) is 19.3 Å². The average Bonchev–Trinajstić information content (AvgIpc) is 2.53. The Hall–Kier alpha value is -1.01. The molecule has 1 aliphatic carbocycles. The first-order valence-corrected chi connectivity index (χ1v) is 5.37. The first-order valence-electron chi connectivity index (χ1n) is 4.54. The van der Waals surface area contributed by atoms with Crippen LogP contribution < -0.4 is 11.1 Å². The predicted molar refractivity (Wildman–Crippen MR) is 53.9 cm³/mol. The van der Waals surface area contributed by atoms with Gasteiger partial charge in [-0.05, 0) is 30.8 Å². The number of anilines is 1. The van der Waals surface area contributed by atoms with Gasteiger partial charge in [0.25, 0.3) is 0 Å². The molecule has 0 unspecified atom stereocenters. The summed E-state index contributed by atoms with van der Waals surface area (Å²) in [6, 6.07) is 0. The maximum atomic E-state index is 11.5. The van der Waals surface area contributed by atoms with E-state index in [1.807, 2.05) is 0 Å². The molecule has 76 valence electrons. The van der Waals surface area contributed by atoms with E-state index < -0.39 is 0 Å². The van der Waals surface area contributed by atoms with Crippen LogP contribution in [0.15, 0.2) is 5.38 Å². The van der Waals surface area contributed by atoms with Crippen molar-refractivity contribution in [2.75, 3.05) is 5.32 Å². The summed E-state index contributed by atoms with van der Waals surface area (Å²) in [4.78, 5) is 11.5. The smallest absolute Gasteiger partial charge is 0.227 e. The average molecular weight is 212 g/mol. The normalized spacial score (nSPS) is 18.6. The van der Waals surface area contributed by atoms with Gasteiger partial charge in [-0.3, -0.25) is 4.79 Å². The molecule has 0 aliphatic heterocycles. The second-order valence-electron chi connectivity index (χ2n) is 3.73. The Morgan fingerprint density at radius 2 is 2.50 bits per heavy atom. The fourth-order valence-electron chi connectivity index (χ4n) is 1.53. The number of hydrogen-bond donors (Lipinski definition) is 2. The van der Waals surface area contributed by atoms with Crippen LogP contribution in [0.1, 0.15) is 25.7 Å². The van der Waals surface area contributed by atoms with E-state index in [-0.39, 0.29) is 11.4 Å². The van der Waals surface area contributed by atoms with Crippen molar-refractivity contribution in [3.05, 3.63) is 5.38 Å². The van der Waals surface area contributed by atoms with E-state index in [0.29, 0.717) is 12.2 Å². The van der Waals surface area contributed by atoms with Crippen molar-refractivity contribution in [3.63, 3.8) is 0 Å². The van der Waals surface area contributed by atoms with Crippen LogP contribution in [-0.4, -0.2) is 21.0 Å². The van der Waals surface area contributed by atoms with Gasteiger partial charge < -0.3 is 11.1 Å². The van der Waals surface area contributed by atoms with Crippen LogP contribution in [0.3, 0.4) is 0 Å². The van der Waals surface area contributed by atoms with Crippen LogP contribution in [0.25, 0.3) is 0 Å². The summed E-state index contributed by atoms with van der Waals surface area (Å²) < 4.78 is 3.65. The SMILES string of the molecule is NC1(CC(=O)Nc2csnn2)CCC1. The zero-order valence-corrected chi connectivity index (χ0v) is 8.51. The number of amides is 1. The first kappa shape index (κ1) is 9.54. The van der Waals surface area contributed by atoms with Gasteiger partial charge in [0.2, 0.25) is 5.91 Å². The van der Waals surface area contributed by atoms with Gasteiger partial charge in [0.15, 0.2) is 5.82 Å². The second-order valence-corrected chi connectivity index (χ2v) is 4.34. The van der Waals surface area contributed by atoms with Crippen LogP contribution in [0, 0.1) is 0 Å². The fourth-order valence-corrected chi connectivity index (χ4v) is 1.92. The molecule has 1 amide bonds. The van der Waals surface area contributed by atoms with Gasteiger partial charge in [-0.25, -0.2) is 0 Å². The van der Waals surface area contributed by atoms with Crippen molar-refractivity contribution in [3.8, 4) is 0 Å². The number of nitrogens with two attached hydrogens (primary N) is 1. The molecule has 3 N–H and O–H groups in total. The third kappa shape index (κ3) is 2.08. The van der Waals surface area contributed by atoms with Gasteiger partial charge in [0.1, 0.15) is 0 Å². The van der Waals surface area contributed by atoms with E-state index in [4.69, 9.17) is 5.73 Å². The molecule has 0 atom stereocenters. The van der Waals surface area contributed by atoms with Crippen LogP contribution in [0.5, 0.6) is 0 Å². The predicted octanol–water partition coefficient (Wildman–Crippen LogP) is 0.748. The van der Waals surface area contributed by atoms with Crippen molar-refractivity contribution in [2.45, 2.75) is 31.2 Å². The second kappa shape index (κ2) is 3.62. The molecule has 0 saturated heterocycles. The Kier molecular flexibility index (Phi) is 2.47. The Balaban J connectivity index is 1.84. The molecule has 0 aromatic carbocycles. The molecule has 6 heteroatoms. The lowest BCUT2D eigenvalue weighted by Crippen LogP contribution is -2.48. The highest BCUT2D eigenvalue weighted by atomic mass is 32.1. The molecular formula is C8H12N4OS. The molecule has 0 spiro atoms. The molecule has 5 nitrogen and oxygen atoms in total. The highest BCUT2D eigenvalue weighted by molar-refractivity contribution is 7.03. The summed E-state index contributed by atoms with van der Waals surface area (Å²) >= 11 is 1.21. The van der Waals surface area contributed by atoms with Crippen molar-refractivity contribution in [1.82, 2.24) is 9.59 Å². The third-order valence-corrected chi connectivity index (χ3v) is 2.99. The molecule has 1 heterocycles. The number of hydrogen-bond acceptors (Lipinski definition) is 5. The molecule has 1 aromatic rings. The van der Waals surface area contributed by atoms with E-state index in [9.17, 15) is 4.79 Å². The van der Waals surface area contributed by atoms with Crippen LogP contribution >= 0.6 is 11.5 Å². The Morgan fingerprint density at radius 1 is 1.71 bits per heavy atom. The zero-order valence-electron chi connectivity index (χ0n) is 7.69. The first-order chi connectivity index (χ1) is 6.68. The van der Waals surface area contributed by atoms with E-state index >= 15 is 0 Å². The monoisotopic (exact) mass is 212 g/mol. The molecule has 1 aromatic heterocycles. The number of carbonyl (C=O) groups is 1. The summed E-state index contributed by atoms with van der Waals surface area (Å²) in [5, 5.41) is 8.09. The van der Waals surface area contributed by atoms with Gasteiger partial charge in [-0.2, -0.15) is 0 Å². The molecular weight excluding hydrogens is 200 g/mol. The fraction of sp³-hybridized carbons (Fsp3) is 0.625. The number of aromatic nitrogens is 2. The zero-order chi connectivity index (χ0) is 10.0. The van der Waals surface area contributed by atoms with Crippen LogP contribution in [-0.2, 0) is 4.79 Å². The molecule has 0 radical (unpaired) electrons.